The van der Waals surface area contributed by atoms with E-state index in [-0.39, 0.29) is 5.92 Å². The van der Waals surface area contributed by atoms with Crippen LogP contribution in [0.1, 0.15) is 22.4 Å². The molecule has 1 unspecified atom stereocenters. The predicted octanol–water partition coefficient (Wildman–Crippen LogP) is 13.8. The zero-order valence-corrected chi connectivity index (χ0v) is 30.9. The molecular formula is C52H39N3. The minimum absolute atomic E-state index is 0.240. The number of fused-ring (bicyclic) bond motifs is 8. The molecule has 2 aliphatic carbocycles. The van der Waals surface area contributed by atoms with Crippen LogP contribution in [-0.2, 0) is 6.42 Å². The van der Waals surface area contributed by atoms with Crippen molar-refractivity contribution in [3.63, 3.8) is 0 Å². The van der Waals surface area contributed by atoms with Gasteiger partial charge < -0.3 is 14.2 Å². The van der Waals surface area contributed by atoms with Crippen LogP contribution in [-0.4, -0.2) is 4.40 Å². The largest absolute Gasteiger partial charge is 0.312 e. The van der Waals surface area contributed by atoms with Crippen LogP contribution in [0.15, 0.2) is 188 Å². The standard InChI is InChI=1S/C52H39N3/c1-34-16-13-24-40(30-34)53(38-20-5-3-6-21-38)51-42-26-11-9-18-36(42)32-46-48(51)44-28-15-29-45-49-47(55(46)50(44)45)33-37-19-10-12-27-43(37)52(49)54(39-22-7-4-8-23-39)41-25-14-17-35(2)31-41/h3-32,37H,33H2,1-2H3. The fraction of sp³-hybridized carbons (Fsp3) is 0.0769. The molecule has 262 valence electrons. The quantitative estimate of drug-likeness (QED) is 0.171. The van der Waals surface area contributed by atoms with E-state index in [1.54, 1.807) is 0 Å². The van der Waals surface area contributed by atoms with Crippen molar-refractivity contribution in [1.82, 2.24) is 4.40 Å². The van der Waals surface area contributed by atoms with Crippen LogP contribution < -0.4 is 9.80 Å². The van der Waals surface area contributed by atoms with Crippen molar-refractivity contribution in [2.75, 3.05) is 9.80 Å². The minimum atomic E-state index is 0.240. The predicted molar refractivity (Wildman–Crippen MR) is 233 cm³/mol. The minimum Gasteiger partial charge on any atom is -0.312 e. The number of hydrogen-bond acceptors (Lipinski definition) is 2. The number of rotatable bonds is 6. The van der Waals surface area contributed by atoms with Crippen LogP contribution in [0.4, 0.5) is 28.4 Å². The Morgan fingerprint density at radius 1 is 0.545 bits per heavy atom. The topological polar surface area (TPSA) is 10.9 Å². The lowest BCUT2D eigenvalue weighted by molar-refractivity contribution is 0.729. The third-order valence-electron chi connectivity index (χ3n) is 11.6. The van der Waals surface area contributed by atoms with Crippen LogP contribution in [0.3, 0.4) is 0 Å². The summed E-state index contributed by atoms with van der Waals surface area (Å²) in [6, 6.07) is 58.0. The van der Waals surface area contributed by atoms with Gasteiger partial charge in [0, 0.05) is 61.5 Å². The van der Waals surface area contributed by atoms with E-state index in [9.17, 15) is 0 Å². The van der Waals surface area contributed by atoms with Crippen molar-refractivity contribution in [1.29, 1.82) is 0 Å². The highest BCUT2D eigenvalue weighted by Crippen LogP contribution is 2.53. The number of aromatic nitrogens is 1. The summed E-state index contributed by atoms with van der Waals surface area (Å²) in [5, 5.41) is 6.31. The first kappa shape index (κ1) is 31.7. The van der Waals surface area contributed by atoms with Crippen molar-refractivity contribution in [2.45, 2.75) is 20.3 Å². The second-order valence-electron chi connectivity index (χ2n) is 15.1. The van der Waals surface area contributed by atoms with Crippen LogP contribution >= 0.6 is 0 Å². The summed E-state index contributed by atoms with van der Waals surface area (Å²) in [4.78, 5) is 5.00. The SMILES string of the molecule is Cc1cccc(N(C2=C3C=CC=CC3Cc3c2c2cccc4c5c(N(c6ccccc6)c6cccc(C)c6)c6ccccc6cc5n3c24)c2ccccc2)c1. The van der Waals surface area contributed by atoms with Gasteiger partial charge in [-0.3, -0.25) is 0 Å². The zero-order chi connectivity index (χ0) is 36.6. The van der Waals surface area contributed by atoms with E-state index in [1.165, 1.54) is 83.0 Å². The molecular weight excluding hydrogens is 667 g/mol. The molecule has 2 aromatic heterocycles. The first-order chi connectivity index (χ1) is 27.1. The fourth-order valence-electron chi connectivity index (χ4n) is 9.42. The normalized spacial score (nSPS) is 15.0. The van der Waals surface area contributed by atoms with Gasteiger partial charge in [0.25, 0.3) is 0 Å². The maximum Gasteiger partial charge on any atom is 0.0640 e. The number of nitrogens with zero attached hydrogens (tertiary/aromatic N) is 3. The Bertz CT molecular complexity index is 3040. The van der Waals surface area contributed by atoms with Gasteiger partial charge in [0.2, 0.25) is 0 Å². The molecule has 9 aromatic rings. The van der Waals surface area contributed by atoms with Crippen molar-refractivity contribution in [2.24, 2.45) is 5.92 Å². The lowest BCUT2D eigenvalue weighted by Gasteiger charge is -2.36. The molecule has 0 aliphatic heterocycles. The lowest BCUT2D eigenvalue weighted by Crippen LogP contribution is -2.25. The molecule has 55 heavy (non-hydrogen) atoms. The Balaban J connectivity index is 1.28. The van der Waals surface area contributed by atoms with Crippen LogP contribution in [0.5, 0.6) is 0 Å². The second kappa shape index (κ2) is 12.4. The molecule has 11 rings (SSSR count). The molecule has 2 aliphatic rings. The number of benzene rings is 7. The highest BCUT2D eigenvalue weighted by Gasteiger charge is 2.36. The van der Waals surface area contributed by atoms with Gasteiger partial charge in [-0.15, -0.1) is 0 Å². The first-order valence-corrected chi connectivity index (χ1v) is 19.3. The van der Waals surface area contributed by atoms with Gasteiger partial charge in [0.15, 0.2) is 0 Å². The molecule has 7 aromatic carbocycles. The number of allylic oxidation sites excluding steroid dienone is 5. The summed E-state index contributed by atoms with van der Waals surface area (Å²) in [5.74, 6) is 0.240. The summed E-state index contributed by atoms with van der Waals surface area (Å²) in [6.07, 6.45) is 10.1. The van der Waals surface area contributed by atoms with Crippen molar-refractivity contribution < 1.29 is 0 Å². The van der Waals surface area contributed by atoms with E-state index < -0.39 is 0 Å². The number of hydrogen-bond donors (Lipinski definition) is 0. The Morgan fingerprint density at radius 3 is 1.87 bits per heavy atom. The van der Waals surface area contributed by atoms with E-state index >= 15 is 0 Å². The van der Waals surface area contributed by atoms with E-state index in [4.69, 9.17) is 0 Å². The number of para-hydroxylation sites is 3. The summed E-state index contributed by atoms with van der Waals surface area (Å²) >= 11 is 0. The molecule has 3 heteroatoms. The Morgan fingerprint density at radius 2 is 1.15 bits per heavy atom. The maximum absolute atomic E-state index is 2.63. The van der Waals surface area contributed by atoms with Gasteiger partial charge in [-0.2, -0.15) is 0 Å². The summed E-state index contributed by atoms with van der Waals surface area (Å²) in [7, 11) is 0. The van der Waals surface area contributed by atoms with Gasteiger partial charge >= 0.3 is 0 Å². The second-order valence-corrected chi connectivity index (χ2v) is 15.1. The number of aryl methyl sites for hydroxylation is 2. The molecule has 3 nitrogen and oxygen atoms in total. The van der Waals surface area contributed by atoms with Crippen LogP contribution in [0, 0.1) is 19.8 Å². The monoisotopic (exact) mass is 705 g/mol. The molecule has 0 saturated heterocycles. The molecule has 0 radical (unpaired) electrons. The third-order valence-corrected chi connectivity index (χ3v) is 11.6. The number of anilines is 5. The molecule has 2 heterocycles. The van der Waals surface area contributed by atoms with E-state index in [0.29, 0.717) is 0 Å². The zero-order valence-electron chi connectivity index (χ0n) is 30.9. The van der Waals surface area contributed by atoms with Crippen LogP contribution in [0.25, 0.3) is 43.7 Å². The summed E-state index contributed by atoms with van der Waals surface area (Å²) in [5.41, 5.74) is 16.2. The average Bonchev–Trinajstić information content (AvgIpc) is 3.73. The van der Waals surface area contributed by atoms with Gasteiger partial charge in [-0.1, -0.05) is 127 Å². The van der Waals surface area contributed by atoms with Crippen LogP contribution in [0.2, 0.25) is 0 Å². The van der Waals surface area contributed by atoms with E-state index in [1.807, 2.05) is 0 Å². The van der Waals surface area contributed by atoms with Crippen molar-refractivity contribution in [3.05, 3.63) is 210 Å². The smallest absolute Gasteiger partial charge is 0.0640 e. The lowest BCUT2D eigenvalue weighted by atomic mass is 9.80. The third kappa shape index (κ3) is 4.83. The maximum atomic E-state index is 2.63. The summed E-state index contributed by atoms with van der Waals surface area (Å²) < 4.78 is 2.63. The molecule has 0 saturated carbocycles. The van der Waals surface area contributed by atoms with Gasteiger partial charge in [0.05, 0.1) is 22.4 Å². The van der Waals surface area contributed by atoms with Gasteiger partial charge in [-0.05, 0) is 97.0 Å². The van der Waals surface area contributed by atoms with Crippen molar-refractivity contribution >= 4 is 72.1 Å². The molecule has 0 N–H and O–H groups in total. The van der Waals surface area contributed by atoms with Gasteiger partial charge in [0.1, 0.15) is 0 Å². The Labute approximate surface area is 321 Å². The molecule has 0 spiro atoms. The highest BCUT2D eigenvalue weighted by atomic mass is 15.2. The highest BCUT2D eigenvalue weighted by molar-refractivity contribution is 6.27. The average molecular weight is 706 g/mol. The van der Waals surface area contributed by atoms with E-state index in [2.05, 4.69) is 210 Å². The fourth-order valence-corrected chi connectivity index (χ4v) is 9.42. The first-order valence-electron chi connectivity index (χ1n) is 19.3. The molecule has 0 fully saturated rings. The van der Waals surface area contributed by atoms with Gasteiger partial charge in [-0.25, -0.2) is 0 Å². The van der Waals surface area contributed by atoms with Crippen molar-refractivity contribution in [3.8, 4) is 0 Å². The molecule has 1 atom stereocenters. The Hall–Kier alpha value is -6.84. The molecule has 0 bridgehead atoms. The van der Waals surface area contributed by atoms with E-state index in [0.717, 1.165) is 23.5 Å². The summed E-state index contributed by atoms with van der Waals surface area (Å²) in [6.45, 7) is 4.37. The Kier molecular flexibility index (Phi) is 7.12. The molecule has 0 amide bonds.